The van der Waals surface area contributed by atoms with Gasteiger partial charge < -0.3 is 5.32 Å². The van der Waals surface area contributed by atoms with Crippen molar-refractivity contribution in [2.75, 3.05) is 6.54 Å². The van der Waals surface area contributed by atoms with Crippen molar-refractivity contribution >= 4 is 0 Å². The number of benzene rings is 1. The fourth-order valence-corrected chi connectivity index (χ4v) is 2.31. The maximum absolute atomic E-state index is 4.30. The van der Waals surface area contributed by atoms with Crippen LogP contribution < -0.4 is 5.32 Å². The van der Waals surface area contributed by atoms with Gasteiger partial charge in [0.1, 0.15) is 0 Å². The lowest BCUT2D eigenvalue weighted by Crippen LogP contribution is -2.28. The first-order chi connectivity index (χ1) is 9.74. The van der Waals surface area contributed by atoms with E-state index in [4.69, 9.17) is 0 Å². The number of aromatic nitrogens is 2. The Bertz CT molecular complexity index is 490. The predicted octanol–water partition coefficient (Wildman–Crippen LogP) is 3.19. The van der Waals surface area contributed by atoms with Gasteiger partial charge in [0.25, 0.3) is 0 Å². The van der Waals surface area contributed by atoms with E-state index in [1.165, 1.54) is 17.5 Å². The Hall–Kier alpha value is -1.61. The zero-order chi connectivity index (χ0) is 14.2. The lowest BCUT2D eigenvalue weighted by molar-refractivity contribution is 0.478. The van der Waals surface area contributed by atoms with Gasteiger partial charge in [0.15, 0.2) is 0 Å². The summed E-state index contributed by atoms with van der Waals surface area (Å²) >= 11 is 0. The van der Waals surface area contributed by atoms with E-state index in [1.807, 2.05) is 10.9 Å². The zero-order valence-corrected chi connectivity index (χ0v) is 12.5. The number of nitrogens with zero attached hydrogens (tertiary/aromatic N) is 2. The van der Waals surface area contributed by atoms with Crippen molar-refractivity contribution in [1.29, 1.82) is 0 Å². The Kier molecular flexibility index (Phi) is 5.81. The average molecular weight is 271 g/mol. The third kappa shape index (κ3) is 5.17. The normalized spacial score (nSPS) is 12.5. The summed E-state index contributed by atoms with van der Waals surface area (Å²) in [6.45, 7) is 6.38. The predicted molar refractivity (Wildman–Crippen MR) is 83.8 cm³/mol. The van der Waals surface area contributed by atoms with E-state index >= 15 is 0 Å². The zero-order valence-electron chi connectivity index (χ0n) is 12.5. The van der Waals surface area contributed by atoms with E-state index in [0.29, 0.717) is 6.04 Å². The van der Waals surface area contributed by atoms with Crippen LogP contribution in [-0.2, 0) is 13.0 Å². The molecule has 0 radical (unpaired) electrons. The molecule has 2 rings (SSSR count). The van der Waals surface area contributed by atoms with E-state index < -0.39 is 0 Å². The molecule has 3 heteroatoms. The first-order valence-corrected chi connectivity index (χ1v) is 7.50. The van der Waals surface area contributed by atoms with Crippen molar-refractivity contribution in [1.82, 2.24) is 15.1 Å². The Labute approximate surface area is 122 Å². The molecule has 1 N–H and O–H groups in total. The number of hydrogen-bond donors (Lipinski definition) is 1. The van der Waals surface area contributed by atoms with Gasteiger partial charge in [-0.15, -0.1) is 0 Å². The van der Waals surface area contributed by atoms with Crippen molar-refractivity contribution in [3.63, 3.8) is 0 Å². The summed E-state index contributed by atoms with van der Waals surface area (Å²) in [6.07, 6.45) is 7.46. The highest BCUT2D eigenvalue weighted by molar-refractivity contribution is 5.14. The third-order valence-corrected chi connectivity index (χ3v) is 3.53. The second-order valence-electron chi connectivity index (χ2n) is 5.51. The number of rotatable bonds is 8. The lowest BCUT2D eigenvalue weighted by atomic mass is 10.1. The van der Waals surface area contributed by atoms with Crippen LogP contribution in [0.5, 0.6) is 0 Å². The van der Waals surface area contributed by atoms with E-state index in [2.05, 4.69) is 60.8 Å². The Balaban J connectivity index is 1.57. The minimum absolute atomic E-state index is 0.564. The fraction of sp³-hybridized carbons (Fsp3) is 0.471. The fourth-order valence-electron chi connectivity index (χ4n) is 2.31. The summed E-state index contributed by atoms with van der Waals surface area (Å²) in [5.41, 5.74) is 2.65. The molecular weight excluding hydrogens is 246 g/mol. The molecule has 1 aromatic heterocycles. The molecule has 0 saturated carbocycles. The van der Waals surface area contributed by atoms with Crippen LogP contribution in [0.4, 0.5) is 0 Å². The average Bonchev–Trinajstić information content (AvgIpc) is 2.88. The smallest absolute Gasteiger partial charge is 0.0518 e. The molecule has 1 aromatic carbocycles. The van der Waals surface area contributed by atoms with Crippen molar-refractivity contribution in [2.45, 2.75) is 45.7 Å². The van der Waals surface area contributed by atoms with E-state index in [-0.39, 0.29) is 0 Å². The van der Waals surface area contributed by atoms with Gasteiger partial charge in [-0.25, -0.2) is 0 Å². The quantitative estimate of drug-likeness (QED) is 0.747. The minimum Gasteiger partial charge on any atom is -0.314 e. The largest absolute Gasteiger partial charge is 0.314 e. The second-order valence-corrected chi connectivity index (χ2v) is 5.51. The van der Waals surface area contributed by atoms with E-state index in [9.17, 15) is 0 Å². The molecule has 20 heavy (non-hydrogen) atoms. The summed E-state index contributed by atoms with van der Waals surface area (Å²) in [7, 11) is 0. The van der Waals surface area contributed by atoms with Crippen LogP contribution in [0.1, 0.15) is 30.9 Å². The first kappa shape index (κ1) is 14.8. The molecule has 0 spiro atoms. The molecule has 0 aliphatic heterocycles. The second kappa shape index (κ2) is 7.85. The van der Waals surface area contributed by atoms with Gasteiger partial charge in [0.2, 0.25) is 0 Å². The van der Waals surface area contributed by atoms with Crippen molar-refractivity contribution in [3.05, 3.63) is 53.9 Å². The van der Waals surface area contributed by atoms with Crippen LogP contribution in [0.15, 0.2) is 42.7 Å². The molecule has 1 atom stereocenters. The summed E-state index contributed by atoms with van der Waals surface area (Å²) in [5.74, 6) is 0. The van der Waals surface area contributed by atoms with Crippen molar-refractivity contribution < 1.29 is 0 Å². The molecule has 0 saturated heterocycles. The molecule has 0 amide bonds. The van der Waals surface area contributed by atoms with Crippen LogP contribution in [-0.4, -0.2) is 22.4 Å². The topological polar surface area (TPSA) is 29.9 Å². The van der Waals surface area contributed by atoms with Gasteiger partial charge in [0, 0.05) is 18.8 Å². The summed E-state index contributed by atoms with van der Waals surface area (Å²) in [6, 6.07) is 11.3. The van der Waals surface area contributed by atoms with Crippen LogP contribution in [0.2, 0.25) is 0 Å². The maximum atomic E-state index is 4.30. The van der Waals surface area contributed by atoms with Gasteiger partial charge in [-0.1, -0.05) is 30.3 Å². The van der Waals surface area contributed by atoms with E-state index in [1.54, 1.807) is 0 Å². The summed E-state index contributed by atoms with van der Waals surface area (Å²) in [4.78, 5) is 0. The molecule has 1 heterocycles. The Morgan fingerprint density at radius 2 is 2.05 bits per heavy atom. The standard InChI is InChI=1S/C17H25N3/c1-15-13-19-20(14-15)12-6-11-18-16(2)9-10-17-7-4-3-5-8-17/h3-5,7-8,13-14,16,18H,6,9-12H2,1-2H3/t16-/m1/s1. The SMILES string of the molecule is Cc1cnn(CCCN[C@H](C)CCc2ccccc2)c1. The molecule has 0 aliphatic carbocycles. The third-order valence-electron chi connectivity index (χ3n) is 3.53. The number of nitrogens with one attached hydrogen (secondary N) is 1. The Morgan fingerprint density at radius 1 is 1.25 bits per heavy atom. The number of aryl methyl sites for hydroxylation is 3. The van der Waals surface area contributed by atoms with Crippen LogP contribution in [0.3, 0.4) is 0 Å². The van der Waals surface area contributed by atoms with Crippen molar-refractivity contribution in [3.8, 4) is 0 Å². The van der Waals surface area contributed by atoms with Gasteiger partial charge in [-0.05, 0) is 50.8 Å². The molecule has 0 bridgehead atoms. The van der Waals surface area contributed by atoms with Gasteiger partial charge in [-0.2, -0.15) is 5.10 Å². The highest BCUT2D eigenvalue weighted by atomic mass is 15.3. The van der Waals surface area contributed by atoms with Crippen LogP contribution in [0, 0.1) is 6.92 Å². The molecule has 0 fully saturated rings. The Morgan fingerprint density at radius 3 is 2.75 bits per heavy atom. The molecular formula is C17H25N3. The maximum Gasteiger partial charge on any atom is 0.0518 e. The molecule has 0 aliphatic rings. The summed E-state index contributed by atoms with van der Waals surface area (Å²) < 4.78 is 2.02. The van der Waals surface area contributed by atoms with Gasteiger partial charge in [-0.3, -0.25) is 4.68 Å². The van der Waals surface area contributed by atoms with Crippen LogP contribution in [0.25, 0.3) is 0 Å². The molecule has 0 unspecified atom stereocenters. The van der Waals surface area contributed by atoms with E-state index in [0.717, 1.165) is 25.9 Å². The first-order valence-electron chi connectivity index (χ1n) is 7.50. The highest BCUT2D eigenvalue weighted by Gasteiger charge is 2.02. The monoisotopic (exact) mass is 271 g/mol. The molecule has 3 nitrogen and oxygen atoms in total. The molecule has 108 valence electrons. The van der Waals surface area contributed by atoms with Gasteiger partial charge in [0.05, 0.1) is 6.20 Å². The molecule has 2 aromatic rings. The summed E-state index contributed by atoms with van der Waals surface area (Å²) in [5, 5.41) is 7.89. The lowest BCUT2D eigenvalue weighted by Gasteiger charge is -2.13. The van der Waals surface area contributed by atoms with Crippen LogP contribution >= 0.6 is 0 Å². The van der Waals surface area contributed by atoms with Gasteiger partial charge >= 0.3 is 0 Å². The minimum atomic E-state index is 0.564. The highest BCUT2D eigenvalue weighted by Crippen LogP contribution is 2.04. The number of hydrogen-bond acceptors (Lipinski definition) is 2. The van der Waals surface area contributed by atoms with Crippen molar-refractivity contribution in [2.24, 2.45) is 0 Å².